The molecular weight excluding hydrogens is 320 g/mol. The SMILES string of the molecule is C=C(C)B1OCc2cc(F)ccc21.C=CB1OCc2cc(F)ccc21. The monoisotopic (exact) mass is 338 g/mol. The number of fused-ring (bicyclic) bond motifs is 2. The maximum atomic E-state index is 12.8. The van der Waals surface area contributed by atoms with Crippen molar-refractivity contribution >= 4 is 24.8 Å². The van der Waals surface area contributed by atoms with Crippen molar-refractivity contribution in [2.75, 3.05) is 0 Å². The molecule has 2 aliphatic heterocycles. The molecule has 0 spiro atoms. The Morgan fingerprint density at radius 3 is 2.16 bits per heavy atom. The van der Waals surface area contributed by atoms with Gasteiger partial charge in [0.25, 0.3) is 0 Å². The van der Waals surface area contributed by atoms with Gasteiger partial charge in [-0.2, -0.15) is 0 Å². The van der Waals surface area contributed by atoms with E-state index >= 15 is 0 Å². The number of halogens is 2. The van der Waals surface area contributed by atoms with Crippen molar-refractivity contribution in [1.29, 1.82) is 0 Å². The molecule has 0 bridgehead atoms. The van der Waals surface area contributed by atoms with Crippen LogP contribution in [-0.2, 0) is 22.5 Å². The van der Waals surface area contributed by atoms with Gasteiger partial charge in [-0.15, -0.1) is 13.2 Å². The topological polar surface area (TPSA) is 18.5 Å². The summed E-state index contributed by atoms with van der Waals surface area (Å²) in [4.78, 5) is 0. The molecule has 0 radical (unpaired) electrons. The predicted octanol–water partition coefficient (Wildman–Crippen LogP) is 2.95. The minimum absolute atomic E-state index is 0.0457. The van der Waals surface area contributed by atoms with Crippen molar-refractivity contribution in [1.82, 2.24) is 0 Å². The van der Waals surface area contributed by atoms with E-state index in [0.29, 0.717) is 13.2 Å². The van der Waals surface area contributed by atoms with Crippen molar-refractivity contribution < 1.29 is 18.1 Å². The van der Waals surface area contributed by atoms with Crippen molar-refractivity contribution in [2.24, 2.45) is 0 Å². The molecule has 0 fully saturated rings. The Labute approximate surface area is 147 Å². The average Bonchev–Trinajstić information content (AvgIpc) is 3.18. The first-order chi connectivity index (χ1) is 12.0. The normalized spacial score (nSPS) is 14.5. The van der Waals surface area contributed by atoms with Crippen LogP contribution in [0.25, 0.3) is 0 Å². The predicted molar refractivity (Wildman–Crippen MR) is 98.2 cm³/mol. The highest BCUT2D eigenvalue weighted by Gasteiger charge is 2.28. The smallest absolute Gasteiger partial charge is 0.357 e. The Hall–Kier alpha value is -2.17. The first kappa shape index (κ1) is 17.6. The Morgan fingerprint density at radius 2 is 1.56 bits per heavy atom. The summed E-state index contributed by atoms with van der Waals surface area (Å²) in [6.07, 6.45) is 0. The van der Waals surface area contributed by atoms with Crippen LogP contribution in [0.4, 0.5) is 8.78 Å². The highest BCUT2D eigenvalue weighted by molar-refractivity contribution is 6.75. The van der Waals surface area contributed by atoms with Crippen molar-refractivity contribution in [2.45, 2.75) is 20.1 Å². The molecular formula is C19H18B2F2O2. The standard InChI is InChI=1S/C10H10BFO.C9H8BFO/c1-7(2)11-10-4-3-9(12)5-8(10)6-13-11;1-2-10-9-4-3-8(11)5-7(9)6-12-10/h3-5H,1,6H2,2H3;2-5H,1,6H2. The molecule has 6 heteroatoms. The molecule has 2 aromatic carbocycles. The molecule has 0 saturated heterocycles. The molecule has 126 valence electrons. The highest BCUT2D eigenvalue weighted by Crippen LogP contribution is 2.15. The van der Waals surface area contributed by atoms with Crippen LogP contribution in [0.2, 0.25) is 0 Å². The third-order valence-electron chi connectivity index (χ3n) is 4.28. The Morgan fingerprint density at radius 1 is 1.00 bits per heavy atom. The molecule has 0 aliphatic carbocycles. The lowest BCUT2D eigenvalue weighted by molar-refractivity contribution is 0.334. The summed E-state index contributed by atoms with van der Waals surface area (Å²) >= 11 is 0. The van der Waals surface area contributed by atoms with Gasteiger partial charge in [0.15, 0.2) is 0 Å². The first-order valence-corrected chi connectivity index (χ1v) is 8.07. The van der Waals surface area contributed by atoms with Gasteiger partial charge in [0.1, 0.15) is 11.6 Å². The Bertz CT molecular complexity index is 823. The lowest BCUT2D eigenvalue weighted by atomic mass is 9.56. The molecule has 2 aromatic rings. The largest absolute Gasteiger partial charge is 0.423 e. The third-order valence-corrected chi connectivity index (χ3v) is 4.28. The van der Waals surface area contributed by atoms with Gasteiger partial charge in [-0.25, -0.2) is 8.78 Å². The zero-order valence-electron chi connectivity index (χ0n) is 14.1. The summed E-state index contributed by atoms with van der Waals surface area (Å²) in [7, 11) is 0. The van der Waals surface area contributed by atoms with Gasteiger partial charge in [-0.1, -0.05) is 23.6 Å². The minimum atomic E-state index is -0.206. The van der Waals surface area contributed by atoms with Gasteiger partial charge in [0, 0.05) is 0 Å². The second kappa shape index (κ2) is 7.38. The summed E-state index contributed by atoms with van der Waals surface area (Å²) in [5, 5.41) is 0. The third kappa shape index (κ3) is 3.75. The van der Waals surface area contributed by atoms with Crippen molar-refractivity contribution in [3.8, 4) is 0 Å². The number of benzene rings is 2. The maximum absolute atomic E-state index is 12.8. The number of hydrogen-bond donors (Lipinski definition) is 0. The number of rotatable bonds is 2. The Kier molecular flexibility index (Phi) is 5.21. The van der Waals surface area contributed by atoms with E-state index in [1.54, 1.807) is 18.1 Å². The van der Waals surface area contributed by atoms with E-state index in [9.17, 15) is 8.78 Å². The lowest BCUT2D eigenvalue weighted by Gasteiger charge is -2.04. The molecule has 0 saturated carbocycles. The van der Waals surface area contributed by atoms with Gasteiger partial charge in [0.05, 0.1) is 13.2 Å². The van der Waals surface area contributed by atoms with E-state index in [1.165, 1.54) is 24.3 Å². The molecule has 0 unspecified atom stereocenters. The van der Waals surface area contributed by atoms with Crippen LogP contribution in [0.3, 0.4) is 0 Å². The fourth-order valence-corrected chi connectivity index (χ4v) is 3.07. The van der Waals surface area contributed by atoms with E-state index in [-0.39, 0.29) is 25.5 Å². The average molecular weight is 338 g/mol. The van der Waals surface area contributed by atoms with E-state index in [1.807, 2.05) is 6.92 Å². The van der Waals surface area contributed by atoms with E-state index in [0.717, 1.165) is 27.5 Å². The zero-order chi connectivity index (χ0) is 18.0. The summed E-state index contributed by atoms with van der Waals surface area (Å²) < 4.78 is 36.3. The van der Waals surface area contributed by atoms with Crippen LogP contribution < -0.4 is 10.9 Å². The van der Waals surface area contributed by atoms with Crippen LogP contribution in [-0.4, -0.2) is 13.8 Å². The summed E-state index contributed by atoms with van der Waals surface area (Å²) in [5.41, 5.74) is 4.92. The Balaban J connectivity index is 0.000000146. The molecule has 4 rings (SSSR count). The summed E-state index contributed by atoms with van der Waals surface area (Å²) in [6, 6.07) is 9.48. The molecule has 0 N–H and O–H groups in total. The highest BCUT2D eigenvalue weighted by atomic mass is 19.1. The molecule has 2 heterocycles. The van der Waals surface area contributed by atoms with Crippen LogP contribution in [0.5, 0.6) is 0 Å². The first-order valence-electron chi connectivity index (χ1n) is 8.07. The molecule has 0 amide bonds. The number of allylic oxidation sites excluding steroid dienone is 1. The van der Waals surface area contributed by atoms with Crippen LogP contribution in [0.15, 0.2) is 61.0 Å². The summed E-state index contributed by atoms with van der Waals surface area (Å²) in [5.74, 6) is 1.32. The second-order valence-electron chi connectivity index (χ2n) is 6.19. The van der Waals surface area contributed by atoms with Gasteiger partial charge in [-0.3, -0.25) is 0 Å². The molecule has 2 nitrogen and oxygen atoms in total. The minimum Gasteiger partial charge on any atom is -0.423 e. The summed E-state index contributed by atoms with van der Waals surface area (Å²) in [6.45, 7) is 10.3. The van der Waals surface area contributed by atoms with Gasteiger partial charge in [-0.05, 0) is 53.2 Å². The van der Waals surface area contributed by atoms with Crippen LogP contribution in [0.1, 0.15) is 18.1 Å². The quantitative estimate of drug-likeness (QED) is 0.784. The van der Waals surface area contributed by atoms with Gasteiger partial charge >= 0.3 is 13.8 Å². The van der Waals surface area contributed by atoms with Gasteiger partial charge in [0.2, 0.25) is 0 Å². The molecule has 0 atom stereocenters. The van der Waals surface area contributed by atoms with E-state index < -0.39 is 0 Å². The second-order valence-corrected chi connectivity index (χ2v) is 6.19. The van der Waals surface area contributed by atoms with Gasteiger partial charge < -0.3 is 9.31 Å². The van der Waals surface area contributed by atoms with E-state index in [4.69, 9.17) is 9.31 Å². The zero-order valence-corrected chi connectivity index (χ0v) is 14.1. The maximum Gasteiger partial charge on any atom is 0.357 e. The molecule has 25 heavy (non-hydrogen) atoms. The van der Waals surface area contributed by atoms with E-state index in [2.05, 4.69) is 13.2 Å². The van der Waals surface area contributed by atoms with Crippen molar-refractivity contribution in [3.05, 3.63) is 83.8 Å². The molecule has 2 aliphatic rings. The fourth-order valence-electron chi connectivity index (χ4n) is 3.07. The number of hydrogen-bond acceptors (Lipinski definition) is 2. The lowest BCUT2D eigenvalue weighted by Crippen LogP contribution is -2.29. The van der Waals surface area contributed by atoms with Crippen molar-refractivity contribution in [3.63, 3.8) is 0 Å². The fraction of sp³-hybridized carbons (Fsp3) is 0.158. The van der Waals surface area contributed by atoms with Crippen LogP contribution in [0, 0.1) is 11.6 Å². The van der Waals surface area contributed by atoms with Crippen LogP contribution >= 0.6 is 0 Å². The molecule has 0 aromatic heterocycles.